The minimum atomic E-state index is 0.0533. The van der Waals surface area contributed by atoms with Crippen molar-refractivity contribution in [2.24, 2.45) is 0 Å². The number of hydrogen-bond acceptors (Lipinski definition) is 5. The van der Waals surface area contributed by atoms with Gasteiger partial charge in [-0.25, -0.2) is 9.97 Å². The van der Waals surface area contributed by atoms with Gasteiger partial charge in [-0.15, -0.1) is 0 Å². The third-order valence-electron chi connectivity index (χ3n) is 3.13. The molecule has 0 radical (unpaired) electrons. The highest BCUT2D eigenvalue weighted by Crippen LogP contribution is 2.23. The van der Waals surface area contributed by atoms with E-state index in [0.717, 1.165) is 35.4 Å². The number of nitrogens with zero attached hydrogens (tertiary/aromatic N) is 2. The number of hydrogen-bond donors (Lipinski definition) is 3. The highest BCUT2D eigenvalue weighted by Gasteiger charge is 2.05. The van der Waals surface area contributed by atoms with Gasteiger partial charge in [-0.2, -0.15) is 0 Å². The molecule has 0 aliphatic rings. The van der Waals surface area contributed by atoms with Crippen molar-refractivity contribution in [1.82, 2.24) is 9.97 Å². The van der Waals surface area contributed by atoms with Crippen LogP contribution in [0.1, 0.15) is 17.7 Å². The van der Waals surface area contributed by atoms with Crippen LogP contribution in [0.15, 0.2) is 43.1 Å². The fourth-order valence-corrected chi connectivity index (χ4v) is 2.02. The number of nitrogens with one attached hydrogen (secondary N) is 1. The number of allylic oxidation sites excluding steroid dienone is 1. The van der Waals surface area contributed by atoms with Crippen molar-refractivity contribution in [3.63, 3.8) is 0 Å². The summed E-state index contributed by atoms with van der Waals surface area (Å²) in [4.78, 5) is 8.49. The van der Waals surface area contributed by atoms with Crippen molar-refractivity contribution in [3.05, 3.63) is 54.4 Å². The van der Waals surface area contributed by atoms with Crippen LogP contribution < -0.4 is 11.1 Å². The van der Waals surface area contributed by atoms with Crippen LogP contribution in [-0.2, 0) is 6.42 Å². The van der Waals surface area contributed by atoms with E-state index >= 15 is 0 Å². The Morgan fingerprint density at radius 3 is 2.86 bits per heavy atom. The van der Waals surface area contributed by atoms with Crippen LogP contribution in [0.2, 0.25) is 0 Å². The van der Waals surface area contributed by atoms with Crippen molar-refractivity contribution in [1.29, 1.82) is 0 Å². The first kappa shape index (κ1) is 15.0. The van der Waals surface area contributed by atoms with Gasteiger partial charge in [-0.1, -0.05) is 24.8 Å². The van der Waals surface area contributed by atoms with Gasteiger partial charge in [0, 0.05) is 24.1 Å². The lowest BCUT2D eigenvalue weighted by atomic mass is 10.0. The minimum absolute atomic E-state index is 0.0533. The average Bonchev–Trinajstić information content (AvgIpc) is 2.51. The van der Waals surface area contributed by atoms with E-state index in [2.05, 4.69) is 21.9 Å². The largest absolute Gasteiger partial charge is 0.398 e. The first-order valence-corrected chi connectivity index (χ1v) is 6.90. The van der Waals surface area contributed by atoms with Crippen LogP contribution >= 0.6 is 0 Å². The number of benzene rings is 1. The molecule has 5 nitrogen and oxygen atoms in total. The number of para-hydroxylation sites is 1. The fraction of sp³-hybridized carbons (Fsp3) is 0.250. The molecule has 4 N–H and O–H groups in total. The highest BCUT2D eigenvalue weighted by atomic mass is 16.3. The molecule has 110 valence electrons. The molecule has 0 saturated carbocycles. The van der Waals surface area contributed by atoms with Crippen LogP contribution in [0.25, 0.3) is 5.57 Å². The predicted octanol–water partition coefficient (Wildman–Crippen LogP) is 2.11. The summed E-state index contributed by atoms with van der Waals surface area (Å²) in [5.74, 6) is 0.534. The number of nitrogens with two attached hydrogens (primary N) is 1. The van der Waals surface area contributed by atoms with Crippen molar-refractivity contribution in [2.75, 3.05) is 24.2 Å². The summed E-state index contributed by atoms with van der Waals surface area (Å²) in [5.41, 5.74) is 9.61. The van der Waals surface area contributed by atoms with Crippen LogP contribution in [0.3, 0.4) is 0 Å². The molecular formula is C16H20N4O. The molecule has 1 aromatic heterocycles. The Morgan fingerprint density at radius 2 is 2.10 bits per heavy atom. The second kappa shape index (κ2) is 7.40. The van der Waals surface area contributed by atoms with Crippen molar-refractivity contribution < 1.29 is 5.11 Å². The Kier molecular flexibility index (Phi) is 5.29. The smallest absolute Gasteiger partial charge is 0.222 e. The molecule has 0 bridgehead atoms. The van der Waals surface area contributed by atoms with E-state index in [1.807, 2.05) is 30.3 Å². The zero-order valence-electron chi connectivity index (χ0n) is 11.9. The standard InChI is InChI=1S/C16H20N4O/c1-12(14-4-2-3-5-15(14)17)6-7-13-8-9-18-16(20-13)19-10-11-21/h2-5,8-9,21H,1,6-7,10-11,17H2,(H,18,19,20). The topological polar surface area (TPSA) is 84.1 Å². The number of nitrogen functional groups attached to an aromatic ring is 1. The quantitative estimate of drug-likeness (QED) is 0.678. The zero-order chi connectivity index (χ0) is 15.1. The molecule has 2 aromatic rings. The summed E-state index contributed by atoms with van der Waals surface area (Å²) in [6.07, 6.45) is 3.26. The van der Waals surface area contributed by atoms with Crippen molar-refractivity contribution in [2.45, 2.75) is 12.8 Å². The predicted molar refractivity (Wildman–Crippen MR) is 85.8 cm³/mol. The SMILES string of the molecule is C=C(CCc1ccnc(NCCO)n1)c1ccccc1N. The molecule has 0 unspecified atom stereocenters. The molecule has 0 aliphatic heterocycles. The Labute approximate surface area is 124 Å². The maximum atomic E-state index is 8.78. The molecule has 0 fully saturated rings. The molecule has 21 heavy (non-hydrogen) atoms. The van der Waals surface area contributed by atoms with E-state index < -0.39 is 0 Å². The molecule has 2 rings (SSSR count). The highest BCUT2D eigenvalue weighted by molar-refractivity contribution is 5.73. The Morgan fingerprint density at radius 1 is 1.29 bits per heavy atom. The minimum Gasteiger partial charge on any atom is -0.398 e. The number of anilines is 2. The van der Waals surface area contributed by atoms with Crippen LogP contribution in [-0.4, -0.2) is 28.2 Å². The van der Waals surface area contributed by atoms with Gasteiger partial charge in [0.2, 0.25) is 5.95 Å². The molecule has 0 aliphatic carbocycles. The number of aliphatic hydroxyl groups excluding tert-OH is 1. The fourth-order valence-electron chi connectivity index (χ4n) is 2.02. The second-order valence-corrected chi connectivity index (χ2v) is 4.71. The lowest BCUT2D eigenvalue weighted by Crippen LogP contribution is -2.09. The van der Waals surface area contributed by atoms with Gasteiger partial charge in [0.05, 0.1) is 6.61 Å². The van der Waals surface area contributed by atoms with Gasteiger partial charge in [-0.3, -0.25) is 0 Å². The van der Waals surface area contributed by atoms with E-state index in [1.54, 1.807) is 6.20 Å². The second-order valence-electron chi connectivity index (χ2n) is 4.71. The normalized spacial score (nSPS) is 10.3. The summed E-state index contributed by atoms with van der Waals surface area (Å²) in [5, 5.41) is 11.7. The van der Waals surface area contributed by atoms with Crippen LogP contribution in [0.5, 0.6) is 0 Å². The molecule has 0 saturated heterocycles. The maximum absolute atomic E-state index is 8.78. The monoisotopic (exact) mass is 284 g/mol. The van der Waals surface area contributed by atoms with E-state index in [9.17, 15) is 0 Å². The van der Waals surface area contributed by atoms with E-state index in [0.29, 0.717) is 12.5 Å². The van der Waals surface area contributed by atoms with Crippen molar-refractivity contribution >= 4 is 17.2 Å². The van der Waals surface area contributed by atoms with Gasteiger partial charge in [0.15, 0.2) is 0 Å². The molecule has 1 aromatic carbocycles. The number of aromatic nitrogens is 2. The number of rotatable bonds is 7. The third kappa shape index (κ3) is 4.29. The summed E-state index contributed by atoms with van der Waals surface area (Å²) in [7, 11) is 0. The average molecular weight is 284 g/mol. The summed E-state index contributed by atoms with van der Waals surface area (Å²) >= 11 is 0. The van der Waals surface area contributed by atoms with Gasteiger partial charge in [0.1, 0.15) is 0 Å². The molecule has 5 heteroatoms. The van der Waals surface area contributed by atoms with Crippen LogP contribution in [0.4, 0.5) is 11.6 Å². The van der Waals surface area contributed by atoms with Gasteiger partial charge >= 0.3 is 0 Å². The van der Waals surface area contributed by atoms with Crippen molar-refractivity contribution in [3.8, 4) is 0 Å². The summed E-state index contributed by atoms with van der Waals surface area (Å²) in [6.45, 7) is 4.60. The lowest BCUT2D eigenvalue weighted by molar-refractivity contribution is 0.311. The third-order valence-corrected chi connectivity index (χ3v) is 3.13. The summed E-state index contributed by atoms with van der Waals surface area (Å²) < 4.78 is 0. The molecule has 0 atom stereocenters. The Hall–Kier alpha value is -2.40. The van der Waals surface area contributed by atoms with E-state index in [1.165, 1.54) is 0 Å². The van der Waals surface area contributed by atoms with E-state index in [4.69, 9.17) is 10.8 Å². The molecule has 0 spiro atoms. The maximum Gasteiger partial charge on any atom is 0.222 e. The summed E-state index contributed by atoms with van der Waals surface area (Å²) in [6, 6.07) is 9.61. The first-order valence-electron chi connectivity index (χ1n) is 6.90. The van der Waals surface area contributed by atoms with Crippen LogP contribution in [0, 0.1) is 0 Å². The molecule has 1 heterocycles. The van der Waals surface area contributed by atoms with Gasteiger partial charge in [-0.05, 0) is 36.1 Å². The Balaban J connectivity index is 1.96. The lowest BCUT2D eigenvalue weighted by Gasteiger charge is -2.09. The van der Waals surface area contributed by atoms with Gasteiger partial charge < -0.3 is 16.2 Å². The van der Waals surface area contributed by atoms with Gasteiger partial charge in [0.25, 0.3) is 0 Å². The first-order chi connectivity index (χ1) is 10.2. The zero-order valence-corrected chi connectivity index (χ0v) is 11.9. The Bertz CT molecular complexity index is 613. The molecule has 0 amide bonds. The number of aliphatic hydroxyl groups is 1. The molecular weight excluding hydrogens is 264 g/mol. The van der Waals surface area contributed by atoms with E-state index in [-0.39, 0.29) is 6.61 Å². The number of aryl methyl sites for hydroxylation is 1.